The van der Waals surface area contributed by atoms with E-state index in [1.54, 1.807) is 0 Å². The van der Waals surface area contributed by atoms with Gasteiger partial charge in [0.1, 0.15) is 11.6 Å². The maximum absolute atomic E-state index is 13.0. The zero-order chi connectivity index (χ0) is 12.3. The van der Waals surface area contributed by atoms with Crippen LogP contribution in [0.25, 0.3) is 0 Å². The van der Waals surface area contributed by atoms with Crippen molar-refractivity contribution in [3.63, 3.8) is 0 Å². The zero-order valence-corrected chi connectivity index (χ0v) is 9.51. The highest BCUT2D eigenvalue weighted by molar-refractivity contribution is 5.96. The van der Waals surface area contributed by atoms with Gasteiger partial charge in [-0.25, -0.2) is 8.78 Å². The van der Waals surface area contributed by atoms with Crippen molar-refractivity contribution in [1.82, 2.24) is 0 Å². The predicted molar refractivity (Wildman–Crippen MR) is 61.6 cm³/mol. The number of hydrogen-bond acceptors (Lipinski definition) is 1. The van der Waals surface area contributed by atoms with E-state index in [2.05, 4.69) is 0 Å². The summed E-state index contributed by atoms with van der Waals surface area (Å²) in [5.41, 5.74) is 1.21. The second-order valence-electron chi connectivity index (χ2n) is 4.35. The van der Waals surface area contributed by atoms with Crippen LogP contribution in [0.5, 0.6) is 0 Å². The van der Waals surface area contributed by atoms with E-state index in [4.69, 9.17) is 0 Å². The van der Waals surface area contributed by atoms with Gasteiger partial charge >= 0.3 is 0 Å². The van der Waals surface area contributed by atoms with E-state index in [0.717, 1.165) is 37.3 Å². The normalized spacial score (nSPS) is 15.5. The topological polar surface area (TPSA) is 17.1 Å². The van der Waals surface area contributed by atoms with Crippen LogP contribution in [0, 0.1) is 11.6 Å². The maximum atomic E-state index is 13.0. The Morgan fingerprint density at radius 2 is 1.82 bits per heavy atom. The molecule has 0 saturated carbocycles. The Bertz CT molecular complexity index is 443. The molecule has 1 aliphatic rings. The zero-order valence-electron chi connectivity index (χ0n) is 9.51. The Labute approximate surface area is 99.1 Å². The molecule has 0 aromatic heterocycles. The van der Waals surface area contributed by atoms with Gasteiger partial charge in [-0.2, -0.15) is 0 Å². The summed E-state index contributed by atoms with van der Waals surface area (Å²) in [5, 5.41) is 0. The molecular weight excluding hydrogens is 222 g/mol. The summed E-state index contributed by atoms with van der Waals surface area (Å²) in [6.45, 7) is 0. The quantitative estimate of drug-likeness (QED) is 0.784. The van der Waals surface area contributed by atoms with Crippen LogP contribution < -0.4 is 0 Å². The second kappa shape index (κ2) is 5.21. The van der Waals surface area contributed by atoms with Crippen molar-refractivity contribution in [3.05, 3.63) is 47.0 Å². The Hall–Kier alpha value is -1.51. The minimum Gasteiger partial charge on any atom is -0.294 e. The van der Waals surface area contributed by atoms with Crippen LogP contribution in [-0.4, -0.2) is 5.78 Å². The molecule has 90 valence electrons. The Balaban J connectivity index is 2.09. The molecule has 0 unspecified atom stereocenters. The van der Waals surface area contributed by atoms with Crippen LogP contribution in [0.1, 0.15) is 31.2 Å². The largest absolute Gasteiger partial charge is 0.294 e. The Kier molecular flexibility index (Phi) is 3.67. The van der Waals surface area contributed by atoms with Crippen molar-refractivity contribution >= 4 is 5.78 Å². The second-order valence-corrected chi connectivity index (χ2v) is 4.35. The number of ketones is 1. The van der Waals surface area contributed by atoms with Gasteiger partial charge in [0.15, 0.2) is 5.78 Å². The average Bonchev–Trinajstić information content (AvgIpc) is 2.28. The first-order valence-corrected chi connectivity index (χ1v) is 5.82. The Morgan fingerprint density at radius 1 is 1.12 bits per heavy atom. The van der Waals surface area contributed by atoms with Gasteiger partial charge < -0.3 is 0 Å². The van der Waals surface area contributed by atoms with Gasteiger partial charge in [-0.3, -0.25) is 4.79 Å². The van der Waals surface area contributed by atoms with E-state index < -0.39 is 11.6 Å². The van der Waals surface area contributed by atoms with Crippen molar-refractivity contribution in [2.75, 3.05) is 0 Å². The third-order valence-corrected chi connectivity index (χ3v) is 2.94. The minimum atomic E-state index is -0.634. The average molecular weight is 236 g/mol. The molecule has 1 nitrogen and oxygen atoms in total. The molecule has 17 heavy (non-hydrogen) atoms. The lowest BCUT2D eigenvalue weighted by molar-refractivity contribution is -0.115. The molecular formula is C14H14F2O. The van der Waals surface area contributed by atoms with Crippen LogP contribution in [0.4, 0.5) is 8.78 Å². The third-order valence-electron chi connectivity index (χ3n) is 2.94. The molecule has 0 bridgehead atoms. The summed E-state index contributed by atoms with van der Waals surface area (Å²) in [6.07, 6.45) is 5.89. The lowest BCUT2D eigenvalue weighted by Gasteiger charge is -2.11. The van der Waals surface area contributed by atoms with Crippen molar-refractivity contribution in [1.29, 1.82) is 0 Å². The number of halogens is 2. The molecule has 2 rings (SSSR count). The van der Waals surface area contributed by atoms with Gasteiger partial charge in [0.2, 0.25) is 0 Å². The first kappa shape index (κ1) is 12.0. The van der Waals surface area contributed by atoms with Gasteiger partial charge in [-0.1, -0.05) is 6.08 Å². The third kappa shape index (κ3) is 3.22. The fraction of sp³-hybridized carbons (Fsp3) is 0.357. The van der Waals surface area contributed by atoms with Crippen molar-refractivity contribution in [2.24, 2.45) is 0 Å². The lowest BCUT2D eigenvalue weighted by Crippen LogP contribution is -2.09. The minimum absolute atomic E-state index is 0.0188. The molecule has 3 heteroatoms. The number of benzene rings is 1. The van der Waals surface area contributed by atoms with E-state index in [-0.39, 0.29) is 12.2 Å². The standard InChI is InChI=1S/C14H14F2O/c15-12-6-10(7-13(16)9-12)8-14(17)11-4-2-1-3-5-11/h4,6-7,9H,1-3,5,8H2. The molecule has 0 amide bonds. The van der Waals surface area contributed by atoms with Gasteiger partial charge in [0, 0.05) is 12.5 Å². The van der Waals surface area contributed by atoms with Gasteiger partial charge in [-0.15, -0.1) is 0 Å². The van der Waals surface area contributed by atoms with Gasteiger partial charge in [-0.05, 0) is 49.0 Å². The van der Waals surface area contributed by atoms with E-state index in [0.29, 0.717) is 5.56 Å². The number of allylic oxidation sites excluding steroid dienone is 2. The molecule has 0 radical (unpaired) electrons. The first-order chi connectivity index (χ1) is 8.15. The number of Topliss-reactive ketones (excluding diaryl/α,β-unsaturated/α-hetero) is 1. The molecule has 1 aromatic rings. The summed E-state index contributed by atoms with van der Waals surface area (Å²) in [5.74, 6) is -1.29. The highest BCUT2D eigenvalue weighted by atomic mass is 19.1. The van der Waals surface area contributed by atoms with Crippen LogP contribution >= 0.6 is 0 Å². The first-order valence-electron chi connectivity index (χ1n) is 5.82. The predicted octanol–water partition coefficient (Wildman–Crippen LogP) is 3.58. The van der Waals surface area contributed by atoms with Gasteiger partial charge in [0.25, 0.3) is 0 Å². The maximum Gasteiger partial charge on any atom is 0.162 e. The molecule has 0 saturated heterocycles. The van der Waals surface area contributed by atoms with E-state index in [1.165, 1.54) is 12.1 Å². The molecule has 0 spiro atoms. The van der Waals surface area contributed by atoms with Crippen LogP contribution in [-0.2, 0) is 11.2 Å². The molecule has 1 aliphatic carbocycles. The Morgan fingerprint density at radius 3 is 2.41 bits per heavy atom. The summed E-state index contributed by atoms with van der Waals surface area (Å²) in [7, 11) is 0. The van der Waals surface area contributed by atoms with Gasteiger partial charge in [0.05, 0.1) is 0 Å². The van der Waals surface area contributed by atoms with Crippen molar-refractivity contribution in [2.45, 2.75) is 32.1 Å². The molecule has 0 N–H and O–H groups in total. The monoisotopic (exact) mass is 236 g/mol. The van der Waals surface area contributed by atoms with Crippen LogP contribution in [0.2, 0.25) is 0 Å². The molecule has 0 heterocycles. The highest BCUT2D eigenvalue weighted by Gasteiger charge is 2.13. The van der Waals surface area contributed by atoms with E-state index in [9.17, 15) is 13.6 Å². The number of hydrogen-bond donors (Lipinski definition) is 0. The van der Waals surface area contributed by atoms with Crippen LogP contribution in [0.3, 0.4) is 0 Å². The molecule has 0 aliphatic heterocycles. The lowest BCUT2D eigenvalue weighted by atomic mass is 9.93. The van der Waals surface area contributed by atoms with E-state index in [1.807, 2.05) is 6.08 Å². The van der Waals surface area contributed by atoms with Crippen LogP contribution in [0.15, 0.2) is 29.8 Å². The fourth-order valence-electron chi connectivity index (χ4n) is 2.10. The summed E-state index contributed by atoms with van der Waals surface area (Å²) < 4.78 is 25.9. The smallest absolute Gasteiger partial charge is 0.162 e. The van der Waals surface area contributed by atoms with E-state index >= 15 is 0 Å². The number of carbonyl (C=O) groups excluding carboxylic acids is 1. The molecule has 1 aromatic carbocycles. The summed E-state index contributed by atoms with van der Waals surface area (Å²) in [6, 6.07) is 3.24. The number of carbonyl (C=O) groups is 1. The SMILES string of the molecule is O=C(Cc1cc(F)cc(F)c1)C1=CCCCC1. The summed E-state index contributed by atoms with van der Waals surface area (Å²) in [4.78, 5) is 11.9. The number of rotatable bonds is 3. The summed E-state index contributed by atoms with van der Waals surface area (Å²) >= 11 is 0. The fourth-order valence-corrected chi connectivity index (χ4v) is 2.10. The van der Waals surface area contributed by atoms with Crippen molar-refractivity contribution in [3.8, 4) is 0 Å². The molecule has 0 atom stereocenters. The highest BCUT2D eigenvalue weighted by Crippen LogP contribution is 2.20. The van der Waals surface area contributed by atoms with Crippen molar-refractivity contribution < 1.29 is 13.6 Å². The molecule has 0 fully saturated rings.